The van der Waals surface area contributed by atoms with E-state index in [4.69, 9.17) is 31.8 Å². The summed E-state index contributed by atoms with van der Waals surface area (Å²) < 4.78 is 58.9. The highest BCUT2D eigenvalue weighted by Gasteiger charge is 2.49. The lowest BCUT2D eigenvalue weighted by molar-refractivity contribution is 0.107. The van der Waals surface area contributed by atoms with Gasteiger partial charge in [-0.2, -0.15) is 15.2 Å². The van der Waals surface area contributed by atoms with Crippen LogP contribution in [0.3, 0.4) is 0 Å². The van der Waals surface area contributed by atoms with Gasteiger partial charge in [0.15, 0.2) is 11.6 Å². The number of alkyl halides is 1. The van der Waals surface area contributed by atoms with Crippen LogP contribution in [-0.4, -0.2) is 76.7 Å². The van der Waals surface area contributed by atoms with Gasteiger partial charge >= 0.3 is 6.01 Å². The molecule has 0 spiro atoms. The van der Waals surface area contributed by atoms with Gasteiger partial charge in [-0.05, 0) is 44.9 Å². The van der Waals surface area contributed by atoms with Crippen LogP contribution < -0.4 is 20.1 Å². The summed E-state index contributed by atoms with van der Waals surface area (Å²) >= 11 is 7.85. The number of ether oxygens (including phenoxy) is 2. The second kappa shape index (κ2) is 11.0. The molecule has 2 aromatic carbocycles. The lowest BCUT2D eigenvalue weighted by atomic mass is 9.95. The fourth-order valence-electron chi connectivity index (χ4n) is 7.24. The van der Waals surface area contributed by atoms with Crippen molar-refractivity contribution in [2.24, 2.45) is 0 Å². The summed E-state index contributed by atoms with van der Waals surface area (Å²) in [5, 5.41) is 20.3. The maximum absolute atomic E-state index is 17.0. The van der Waals surface area contributed by atoms with E-state index in [2.05, 4.69) is 9.88 Å². The lowest BCUT2D eigenvalue weighted by Crippen LogP contribution is -2.45. The summed E-state index contributed by atoms with van der Waals surface area (Å²) in [4.78, 5) is 13.2. The Morgan fingerprint density at radius 1 is 1.33 bits per heavy atom. The molecule has 4 aromatic rings. The summed E-state index contributed by atoms with van der Waals surface area (Å²) in [5.74, 6) is -1.08. The largest absolute Gasteiger partial charge is 0.489 e. The van der Waals surface area contributed by atoms with Crippen LogP contribution in [0, 0.1) is 23.0 Å². The standard InChI is InChI=1S/C31H30ClF3N6O3S/c1-14(11-42)41-15(2)12-43-26-22-25(38-30(39-29(22)41)44-13-31-6-3-7-40(31)10-16(33)8-31)24(35)21(23(26)32)17-4-5-19(34)27-20(17)18(9-36)28(37)45-27/h4-5,14-16,42H,3,6-8,10-13,37H2,1-2H3/t14-,15+,16-,31+/m1/s1. The van der Waals surface area contributed by atoms with Crippen LogP contribution in [0.15, 0.2) is 12.1 Å². The highest BCUT2D eigenvalue weighted by Crippen LogP contribution is 2.51. The number of nitriles is 1. The number of rotatable bonds is 6. The number of fused-ring (bicyclic) bond motifs is 2. The molecule has 0 bridgehead atoms. The Bertz CT molecular complexity index is 1900. The first-order chi connectivity index (χ1) is 21.6. The molecule has 2 saturated heterocycles. The monoisotopic (exact) mass is 658 g/mol. The molecule has 3 N–H and O–H groups in total. The van der Waals surface area contributed by atoms with Gasteiger partial charge in [0.25, 0.3) is 0 Å². The number of aliphatic hydroxyl groups is 1. The van der Waals surface area contributed by atoms with Crippen molar-refractivity contribution >= 4 is 54.7 Å². The number of aromatic nitrogens is 2. The smallest absolute Gasteiger partial charge is 0.319 e. The maximum Gasteiger partial charge on any atom is 0.319 e. The second-order valence-electron chi connectivity index (χ2n) is 12.1. The topological polar surface area (TPSA) is 121 Å². The summed E-state index contributed by atoms with van der Waals surface area (Å²) in [6.45, 7) is 4.80. The van der Waals surface area contributed by atoms with E-state index in [-0.39, 0.29) is 91.1 Å². The number of thiophene rings is 1. The normalized spacial score (nSPS) is 23.6. The SMILES string of the molecule is C[C@H](CO)N1c2nc(OC[C@@]34CCCN3C[C@H](F)C4)nc3c(F)c(-c4ccc(F)c5sc(N)c(C#N)c45)c(Cl)c(c23)OC[C@@H]1C. The number of hydrogen-bond donors (Lipinski definition) is 2. The summed E-state index contributed by atoms with van der Waals surface area (Å²) in [6.07, 6.45) is 1.04. The predicted octanol–water partition coefficient (Wildman–Crippen LogP) is 5.82. The molecule has 4 atom stereocenters. The molecule has 0 aliphatic carbocycles. The third-order valence-corrected chi connectivity index (χ3v) is 10.7. The summed E-state index contributed by atoms with van der Waals surface area (Å²) in [5.41, 5.74) is 5.43. The van der Waals surface area contributed by atoms with E-state index in [0.717, 1.165) is 30.7 Å². The fraction of sp³-hybridized carbons (Fsp3) is 0.452. The first-order valence-corrected chi connectivity index (χ1v) is 16.0. The molecule has 0 unspecified atom stereocenters. The Balaban J connectivity index is 1.47. The quantitative estimate of drug-likeness (QED) is 0.264. The molecule has 3 aliphatic rings. The average Bonchev–Trinajstić information content (AvgIpc) is 3.63. The zero-order chi connectivity index (χ0) is 31.8. The highest BCUT2D eigenvalue weighted by atomic mass is 35.5. The molecule has 2 fully saturated rings. The van der Waals surface area contributed by atoms with E-state index in [1.165, 1.54) is 12.1 Å². The maximum atomic E-state index is 17.0. The first kappa shape index (κ1) is 30.1. The van der Waals surface area contributed by atoms with E-state index >= 15 is 4.39 Å². The van der Waals surface area contributed by atoms with Crippen LogP contribution in [-0.2, 0) is 0 Å². The molecule has 0 amide bonds. The van der Waals surface area contributed by atoms with Crippen LogP contribution in [0.5, 0.6) is 11.8 Å². The van der Waals surface area contributed by atoms with Gasteiger partial charge in [0.1, 0.15) is 47.6 Å². The van der Waals surface area contributed by atoms with Gasteiger partial charge in [0.05, 0.1) is 44.9 Å². The predicted molar refractivity (Wildman–Crippen MR) is 167 cm³/mol. The zero-order valence-corrected chi connectivity index (χ0v) is 26.1. The Kier molecular flexibility index (Phi) is 7.39. The van der Waals surface area contributed by atoms with Gasteiger partial charge in [-0.3, -0.25) is 4.90 Å². The first-order valence-electron chi connectivity index (χ1n) is 14.8. The second-order valence-corrected chi connectivity index (χ2v) is 13.5. The van der Waals surface area contributed by atoms with Crippen molar-refractivity contribution in [3.8, 4) is 29.0 Å². The highest BCUT2D eigenvalue weighted by molar-refractivity contribution is 7.23. The minimum atomic E-state index is -0.961. The van der Waals surface area contributed by atoms with Crippen molar-refractivity contribution in [3.05, 3.63) is 34.4 Å². The van der Waals surface area contributed by atoms with Crippen molar-refractivity contribution in [1.82, 2.24) is 14.9 Å². The molecule has 236 valence electrons. The Morgan fingerprint density at radius 2 is 2.13 bits per heavy atom. The van der Waals surface area contributed by atoms with Crippen LogP contribution in [0.25, 0.3) is 32.1 Å². The minimum Gasteiger partial charge on any atom is -0.489 e. The number of nitrogen functional groups attached to an aromatic ring is 1. The number of benzene rings is 2. The van der Waals surface area contributed by atoms with Crippen molar-refractivity contribution in [2.45, 2.75) is 56.9 Å². The fourth-order valence-corrected chi connectivity index (χ4v) is 8.52. The third-order valence-electron chi connectivity index (χ3n) is 9.30. The van der Waals surface area contributed by atoms with E-state index in [1.54, 1.807) is 6.92 Å². The molecule has 2 aromatic heterocycles. The number of hydrogen-bond acceptors (Lipinski definition) is 10. The summed E-state index contributed by atoms with van der Waals surface area (Å²) in [7, 11) is 0. The molecule has 3 aliphatic heterocycles. The van der Waals surface area contributed by atoms with E-state index in [9.17, 15) is 19.1 Å². The lowest BCUT2D eigenvalue weighted by Gasteiger charge is -2.34. The summed E-state index contributed by atoms with van der Waals surface area (Å²) in [6, 6.07) is 3.64. The van der Waals surface area contributed by atoms with Crippen LogP contribution >= 0.6 is 22.9 Å². The van der Waals surface area contributed by atoms with E-state index in [1.807, 2.05) is 17.9 Å². The molecular weight excluding hydrogens is 629 g/mol. The Labute approximate surface area is 265 Å². The molecule has 14 heteroatoms. The molecular formula is C31H30ClF3N6O3S. The van der Waals surface area contributed by atoms with Crippen molar-refractivity contribution in [3.63, 3.8) is 0 Å². The van der Waals surface area contributed by atoms with E-state index < -0.39 is 29.4 Å². The molecule has 0 radical (unpaired) electrons. The van der Waals surface area contributed by atoms with Gasteiger partial charge in [0.2, 0.25) is 0 Å². The number of nitrogens with two attached hydrogens (primary N) is 1. The number of halogens is 4. The minimum absolute atomic E-state index is 0.0129. The Hall–Kier alpha value is -3.57. The molecule has 0 saturated carbocycles. The van der Waals surface area contributed by atoms with Gasteiger partial charge in [-0.1, -0.05) is 17.7 Å². The van der Waals surface area contributed by atoms with E-state index in [0.29, 0.717) is 13.0 Å². The molecule has 9 nitrogen and oxygen atoms in total. The molecule has 5 heterocycles. The number of aliphatic hydroxyl groups excluding tert-OH is 1. The van der Waals surface area contributed by atoms with Crippen LogP contribution in [0.2, 0.25) is 5.02 Å². The zero-order valence-electron chi connectivity index (χ0n) is 24.5. The number of anilines is 2. The molecule has 7 rings (SSSR count). The van der Waals surface area contributed by atoms with Crippen LogP contribution in [0.1, 0.15) is 38.7 Å². The van der Waals surface area contributed by atoms with Crippen molar-refractivity contribution in [2.75, 3.05) is 43.5 Å². The molecule has 45 heavy (non-hydrogen) atoms. The third kappa shape index (κ3) is 4.56. The average molecular weight is 659 g/mol. The van der Waals surface area contributed by atoms with Crippen molar-refractivity contribution < 1.29 is 27.8 Å². The van der Waals surface area contributed by atoms with Gasteiger partial charge in [-0.25, -0.2) is 13.2 Å². The van der Waals surface area contributed by atoms with Gasteiger partial charge in [-0.15, -0.1) is 11.3 Å². The van der Waals surface area contributed by atoms with Gasteiger partial charge < -0.3 is 25.2 Å². The van der Waals surface area contributed by atoms with Crippen LogP contribution in [0.4, 0.5) is 24.0 Å². The number of nitrogens with zero attached hydrogens (tertiary/aromatic N) is 5. The Morgan fingerprint density at radius 3 is 2.89 bits per heavy atom. The van der Waals surface area contributed by atoms with Gasteiger partial charge in [0, 0.05) is 23.9 Å². The van der Waals surface area contributed by atoms with Crippen molar-refractivity contribution in [1.29, 1.82) is 5.26 Å².